The van der Waals surface area contributed by atoms with E-state index in [0.29, 0.717) is 5.95 Å². The zero-order chi connectivity index (χ0) is 11.4. The predicted octanol–water partition coefficient (Wildman–Crippen LogP) is -0.839. The standard InChI is InChI=1S/C8H12N4O3/c1-12-3-2-10-8(12)11-6(13)4-5(9)7(14)15/h2-3,5H,4,9H2,1H3,(H,14,15)(H,10,11,13)/t5-/m0/s1. The normalized spacial score (nSPS) is 12.1. The molecule has 0 aliphatic rings. The molecule has 4 N–H and O–H groups in total. The minimum Gasteiger partial charge on any atom is -0.480 e. The maximum absolute atomic E-state index is 11.3. The molecule has 0 fully saturated rings. The van der Waals surface area contributed by atoms with Gasteiger partial charge < -0.3 is 15.4 Å². The van der Waals surface area contributed by atoms with E-state index >= 15 is 0 Å². The maximum atomic E-state index is 11.3. The molecule has 1 atom stereocenters. The van der Waals surface area contributed by atoms with Crippen LogP contribution in [0.3, 0.4) is 0 Å². The number of aliphatic carboxylic acids is 1. The average molecular weight is 212 g/mol. The van der Waals surface area contributed by atoms with Gasteiger partial charge in [-0.3, -0.25) is 14.9 Å². The lowest BCUT2D eigenvalue weighted by Gasteiger charge is -2.07. The van der Waals surface area contributed by atoms with Crippen molar-refractivity contribution in [2.75, 3.05) is 5.32 Å². The third kappa shape index (κ3) is 3.06. The van der Waals surface area contributed by atoms with Crippen LogP contribution in [-0.4, -0.2) is 32.6 Å². The number of carboxylic acids is 1. The highest BCUT2D eigenvalue weighted by atomic mass is 16.4. The number of carboxylic acid groups (broad SMARTS) is 1. The second-order valence-electron chi connectivity index (χ2n) is 3.06. The number of rotatable bonds is 4. The molecule has 7 heteroatoms. The van der Waals surface area contributed by atoms with E-state index in [9.17, 15) is 9.59 Å². The van der Waals surface area contributed by atoms with Gasteiger partial charge in [0.05, 0.1) is 6.42 Å². The van der Waals surface area contributed by atoms with E-state index in [-0.39, 0.29) is 6.42 Å². The van der Waals surface area contributed by atoms with Gasteiger partial charge in [-0.2, -0.15) is 0 Å². The number of anilines is 1. The maximum Gasteiger partial charge on any atom is 0.321 e. The van der Waals surface area contributed by atoms with Crippen LogP contribution in [0.25, 0.3) is 0 Å². The highest BCUT2D eigenvalue weighted by Crippen LogP contribution is 2.02. The number of amides is 1. The van der Waals surface area contributed by atoms with E-state index in [1.165, 1.54) is 6.20 Å². The Morgan fingerprint density at radius 3 is 2.87 bits per heavy atom. The van der Waals surface area contributed by atoms with Crippen molar-refractivity contribution in [1.82, 2.24) is 9.55 Å². The fourth-order valence-electron chi connectivity index (χ4n) is 0.949. The summed E-state index contributed by atoms with van der Waals surface area (Å²) in [6.07, 6.45) is 2.90. The van der Waals surface area contributed by atoms with Crippen LogP contribution in [0.15, 0.2) is 12.4 Å². The molecule has 0 saturated carbocycles. The lowest BCUT2D eigenvalue weighted by atomic mass is 10.2. The van der Waals surface area contributed by atoms with E-state index in [1.54, 1.807) is 17.8 Å². The number of aryl methyl sites for hydroxylation is 1. The lowest BCUT2D eigenvalue weighted by Crippen LogP contribution is -2.34. The molecule has 1 heterocycles. The molecule has 15 heavy (non-hydrogen) atoms. The predicted molar refractivity (Wildman–Crippen MR) is 52.1 cm³/mol. The van der Waals surface area contributed by atoms with Crippen LogP contribution in [0.1, 0.15) is 6.42 Å². The molecule has 0 aliphatic heterocycles. The Morgan fingerprint density at radius 2 is 2.40 bits per heavy atom. The number of aromatic nitrogens is 2. The van der Waals surface area contributed by atoms with E-state index in [0.717, 1.165) is 0 Å². The lowest BCUT2D eigenvalue weighted by molar-refractivity contribution is -0.140. The van der Waals surface area contributed by atoms with Gasteiger partial charge in [0.1, 0.15) is 6.04 Å². The molecule has 1 aromatic heterocycles. The van der Waals surface area contributed by atoms with Gasteiger partial charge >= 0.3 is 5.97 Å². The Kier molecular flexibility index (Phi) is 3.40. The summed E-state index contributed by atoms with van der Waals surface area (Å²) in [6.45, 7) is 0. The van der Waals surface area contributed by atoms with E-state index in [1.807, 2.05) is 0 Å². The summed E-state index contributed by atoms with van der Waals surface area (Å²) in [5.41, 5.74) is 5.20. The smallest absolute Gasteiger partial charge is 0.321 e. The molecule has 82 valence electrons. The van der Waals surface area contributed by atoms with Crippen LogP contribution in [0.4, 0.5) is 5.95 Å². The first-order valence-electron chi connectivity index (χ1n) is 4.26. The van der Waals surface area contributed by atoms with Gasteiger partial charge in [0.15, 0.2) is 0 Å². The zero-order valence-corrected chi connectivity index (χ0v) is 8.17. The Labute approximate surface area is 85.9 Å². The van der Waals surface area contributed by atoms with Gasteiger partial charge in [0.2, 0.25) is 11.9 Å². The summed E-state index contributed by atoms with van der Waals surface area (Å²) in [7, 11) is 1.71. The number of hydrogen-bond donors (Lipinski definition) is 3. The molecule has 0 spiro atoms. The molecule has 0 radical (unpaired) electrons. The van der Waals surface area contributed by atoms with Crippen molar-refractivity contribution in [2.24, 2.45) is 12.8 Å². The first kappa shape index (κ1) is 11.2. The van der Waals surface area contributed by atoms with Gasteiger partial charge in [-0.15, -0.1) is 0 Å². The molecule has 1 amide bonds. The Morgan fingerprint density at radius 1 is 1.73 bits per heavy atom. The van der Waals surface area contributed by atoms with Crippen molar-refractivity contribution >= 4 is 17.8 Å². The minimum absolute atomic E-state index is 0.276. The van der Waals surface area contributed by atoms with Crippen LogP contribution >= 0.6 is 0 Å². The summed E-state index contributed by atoms with van der Waals surface area (Å²) < 4.78 is 1.60. The van der Waals surface area contributed by atoms with Crippen LogP contribution in [0.2, 0.25) is 0 Å². The highest BCUT2D eigenvalue weighted by molar-refractivity contribution is 5.92. The van der Waals surface area contributed by atoms with Gasteiger partial charge in [-0.1, -0.05) is 0 Å². The Balaban J connectivity index is 2.50. The Hall–Kier alpha value is -1.89. The third-order valence-electron chi connectivity index (χ3n) is 1.79. The number of carbonyl (C=O) groups is 2. The van der Waals surface area contributed by atoms with E-state index < -0.39 is 17.9 Å². The van der Waals surface area contributed by atoms with Gasteiger partial charge in [-0.25, -0.2) is 4.98 Å². The van der Waals surface area contributed by atoms with Gasteiger partial charge in [0.25, 0.3) is 0 Å². The summed E-state index contributed by atoms with van der Waals surface area (Å²) >= 11 is 0. The summed E-state index contributed by atoms with van der Waals surface area (Å²) in [4.78, 5) is 25.5. The van der Waals surface area contributed by atoms with Crippen LogP contribution in [0, 0.1) is 0 Å². The molecular weight excluding hydrogens is 200 g/mol. The second-order valence-corrected chi connectivity index (χ2v) is 3.06. The molecule has 1 rings (SSSR count). The summed E-state index contributed by atoms with van der Waals surface area (Å²) in [5, 5.41) is 10.9. The first-order chi connectivity index (χ1) is 7.00. The summed E-state index contributed by atoms with van der Waals surface area (Å²) in [5.74, 6) is -1.32. The average Bonchev–Trinajstić information content (AvgIpc) is 2.51. The van der Waals surface area contributed by atoms with E-state index in [4.69, 9.17) is 10.8 Å². The number of hydrogen-bond acceptors (Lipinski definition) is 4. The highest BCUT2D eigenvalue weighted by Gasteiger charge is 2.16. The zero-order valence-electron chi connectivity index (χ0n) is 8.17. The molecule has 0 saturated heterocycles. The molecule has 0 bridgehead atoms. The first-order valence-corrected chi connectivity index (χ1v) is 4.26. The topological polar surface area (TPSA) is 110 Å². The molecule has 0 unspecified atom stereocenters. The van der Waals surface area contributed by atoms with Crippen molar-refractivity contribution in [2.45, 2.75) is 12.5 Å². The molecule has 7 nitrogen and oxygen atoms in total. The monoisotopic (exact) mass is 212 g/mol. The number of nitrogens with two attached hydrogens (primary N) is 1. The van der Waals surface area contributed by atoms with Gasteiger partial charge in [0, 0.05) is 19.4 Å². The molecule has 0 aromatic carbocycles. The SMILES string of the molecule is Cn1ccnc1NC(=O)C[C@H](N)C(=O)O. The van der Waals surface area contributed by atoms with Crippen molar-refractivity contribution in [1.29, 1.82) is 0 Å². The largest absolute Gasteiger partial charge is 0.480 e. The van der Waals surface area contributed by atoms with E-state index in [2.05, 4.69) is 10.3 Å². The van der Waals surface area contributed by atoms with Crippen molar-refractivity contribution in [3.63, 3.8) is 0 Å². The number of carbonyl (C=O) groups excluding carboxylic acids is 1. The third-order valence-corrected chi connectivity index (χ3v) is 1.79. The number of nitrogens with one attached hydrogen (secondary N) is 1. The van der Waals surface area contributed by atoms with Crippen molar-refractivity contribution in [3.05, 3.63) is 12.4 Å². The number of nitrogens with zero attached hydrogens (tertiary/aromatic N) is 2. The number of imidazole rings is 1. The quantitative estimate of drug-likeness (QED) is 0.602. The summed E-state index contributed by atoms with van der Waals surface area (Å²) in [6, 6.07) is -1.19. The van der Waals surface area contributed by atoms with Crippen molar-refractivity contribution < 1.29 is 14.7 Å². The van der Waals surface area contributed by atoms with Crippen LogP contribution < -0.4 is 11.1 Å². The van der Waals surface area contributed by atoms with Crippen molar-refractivity contribution in [3.8, 4) is 0 Å². The fraction of sp³-hybridized carbons (Fsp3) is 0.375. The molecule has 0 aliphatic carbocycles. The molecular formula is C8H12N4O3. The Bertz CT molecular complexity index is 374. The van der Waals surface area contributed by atoms with Crippen LogP contribution in [-0.2, 0) is 16.6 Å². The molecule has 1 aromatic rings. The minimum atomic E-state index is -1.20. The second kappa shape index (κ2) is 4.56. The van der Waals surface area contributed by atoms with Crippen LogP contribution in [0.5, 0.6) is 0 Å². The fourth-order valence-corrected chi connectivity index (χ4v) is 0.949. The van der Waals surface area contributed by atoms with Gasteiger partial charge in [-0.05, 0) is 0 Å².